The molecule has 2 aromatic rings. The van der Waals surface area contributed by atoms with E-state index < -0.39 is 0 Å². The largest absolute Gasteiger partial charge is 0.396 e. The average molecular weight is 278 g/mol. The van der Waals surface area contributed by atoms with E-state index in [0.29, 0.717) is 24.3 Å². The van der Waals surface area contributed by atoms with Crippen LogP contribution in [0.15, 0.2) is 24.3 Å². The van der Waals surface area contributed by atoms with Crippen LogP contribution in [0.4, 0.5) is 5.82 Å². The van der Waals surface area contributed by atoms with Crippen molar-refractivity contribution >= 4 is 34.2 Å². The number of hydrogen-bond acceptors (Lipinski definition) is 4. The first-order valence-electron chi connectivity index (χ1n) is 6.02. The lowest BCUT2D eigenvalue weighted by molar-refractivity contribution is -0.117. The van der Waals surface area contributed by atoms with Crippen LogP contribution in [0.25, 0.3) is 10.9 Å². The van der Waals surface area contributed by atoms with Crippen molar-refractivity contribution in [2.75, 3.05) is 18.1 Å². The number of amides is 1. The Bertz CT molecular complexity index is 647. The third-order valence-electron chi connectivity index (χ3n) is 3.27. The zero-order valence-electron chi connectivity index (χ0n) is 10.1. The number of aliphatic hydroxyl groups is 1. The third kappa shape index (κ3) is 2.15. The van der Waals surface area contributed by atoms with Gasteiger partial charge in [-0.05, 0) is 23.7 Å². The second-order valence-corrected chi connectivity index (χ2v) is 4.93. The number of rotatable bonds is 2. The number of carbonyl (C=O) groups is 1. The Morgan fingerprint density at radius 3 is 2.89 bits per heavy atom. The summed E-state index contributed by atoms with van der Waals surface area (Å²) < 4.78 is 0. The summed E-state index contributed by atoms with van der Waals surface area (Å²) in [6.07, 6.45) is 0.340. The number of para-hydroxylation sites is 1. The summed E-state index contributed by atoms with van der Waals surface area (Å²) in [5.41, 5.74) is 0.706. The highest BCUT2D eigenvalue weighted by Gasteiger charge is 2.32. The molecule has 2 heterocycles. The van der Waals surface area contributed by atoms with Gasteiger partial charge in [-0.3, -0.25) is 9.69 Å². The van der Waals surface area contributed by atoms with Crippen molar-refractivity contribution in [3.8, 4) is 0 Å². The minimum Gasteiger partial charge on any atom is -0.396 e. The smallest absolute Gasteiger partial charge is 0.228 e. The fraction of sp³-hybridized carbons (Fsp3) is 0.308. The van der Waals surface area contributed by atoms with E-state index in [1.807, 2.05) is 24.3 Å². The van der Waals surface area contributed by atoms with Crippen LogP contribution >= 0.6 is 11.6 Å². The molecule has 1 amide bonds. The van der Waals surface area contributed by atoms with Gasteiger partial charge in [0.1, 0.15) is 5.82 Å². The normalized spacial score (nSPS) is 19.4. The molecule has 1 fully saturated rings. The predicted molar refractivity (Wildman–Crippen MR) is 72.1 cm³/mol. The number of benzene rings is 1. The topological polar surface area (TPSA) is 66.3 Å². The maximum absolute atomic E-state index is 12.0. The van der Waals surface area contributed by atoms with Gasteiger partial charge < -0.3 is 5.11 Å². The molecule has 3 rings (SSSR count). The van der Waals surface area contributed by atoms with E-state index in [1.165, 1.54) is 0 Å². The zero-order chi connectivity index (χ0) is 13.4. The van der Waals surface area contributed by atoms with Crippen LogP contribution in [0.5, 0.6) is 0 Å². The van der Waals surface area contributed by atoms with E-state index in [1.54, 1.807) is 4.90 Å². The number of aromatic nitrogens is 2. The summed E-state index contributed by atoms with van der Waals surface area (Å²) in [5, 5.41) is 10.1. The first-order chi connectivity index (χ1) is 9.19. The lowest BCUT2D eigenvalue weighted by Crippen LogP contribution is -2.26. The minimum absolute atomic E-state index is 0.00100. The number of anilines is 1. The van der Waals surface area contributed by atoms with E-state index in [-0.39, 0.29) is 23.7 Å². The lowest BCUT2D eigenvalue weighted by atomic mass is 10.1. The van der Waals surface area contributed by atoms with Gasteiger partial charge in [0.05, 0.1) is 5.52 Å². The lowest BCUT2D eigenvalue weighted by Gasteiger charge is -2.17. The Hall–Kier alpha value is -1.72. The third-order valence-corrected chi connectivity index (χ3v) is 3.44. The SMILES string of the molecule is O=C1CC(CO)CN1c1nc(Cl)nc2ccccc12. The van der Waals surface area contributed by atoms with Gasteiger partial charge in [0.15, 0.2) is 0 Å². The second kappa shape index (κ2) is 4.75. The molecule has 1 aliphatic rings. The van der Waals surface area contributed by atoms with Crippen LogP contribution in [-0.4, -0.2) is 34.1 Å². The molecule has 0 aliphatic carbocycles. The van der Waals surface area contributed by atoms with Crippen molar-refractivity contribution in [1.29, 1.82) is 0 Å². The quantitative estimate of drug-likeness (QED) is 0.847. The van der Waals surface area contributed by atoms with Gasteiger partial charge in [-0.1, -0.05) is 12.1 Å². The fourth-order valence-corrected chi connectivity index (χ4v) is 2.52. The van der Waals surface area contributed by atoms with Crippen LogP contribution in [0, 0.1) is 5.92 Å². The highest BCUT2D eigenvalue weighted by molar-refractivity contribution is 6.29. The summed E-state index contributed by atoms with van der Waals surface area (Å²) in [4.78, 5) is 21.9. The van der Waals surface area contributed by atoms with E-state index in [0.717, 1.165) is 5.39 Å². The van der Waals surface area contributed by atoms with Crippen LogP contribution < -0.4 is 4.90 Å². The van der Waals surface area contributed by atoms with Crippen molar-refractivity contribution in [3.05, 3.63) is 29.5 Å². The number of aliphatic hydroxyl groups excluding tert-OH is 1. The van der Waals surface area contributed by atoms with Gasteiger partial charge in [-0.15, -0.1) is 0 Å². The minimum atomic E-state index is -0.0426. The summed E-state index contributed by atoms with van der Waals surface area (Å²) in [6.45, 7) is 0.464. The summed E-state index contributed by atoms with van der Waals surface area (Å²) in [7, 11) is 0. The molecule has 1 unspecified atom stereocenters. The van der Waals surface area contributed by atoms with Crippen molar-refractivity contribution in [2.45, 2.75) is 6.42 Å². The number of nitrogens with zero attached hydrogens (tertiary/aromatic N) is 3. The number of halogens is 1. The molecule has 0 radical (unpaired) electrons. The van der Waals surface area contributed by atoms with Crippen LogP contribution in [0.1, 0.15) is 6.42 Å². The van der Waals surface area contributed by atoms with Gasteiger partial charge in [0, 0.05) is 30.9 Å². The second-order valence-electron chi connectivity index (χ2n) is 4.59. The molecule has 1 saturated heterocycles. The fourth-order valence-electron chi connectivity index (χ4n) is 2.35. The van der Waals surface area contributed by atoms with Crippen molar-refractivity contribution in [3.63, 3.8) is 0 Å². The Labute approximate surface area is 114 Å². The molecule has 1 aromatic heterocycles. The molecule has 6 heteroatoms. The molecule has 98 valence electrons. The molecule has 1 aliphatic heterocycles. The van der Waals surface area contributed by atoms with Crippen molar-refractivity contribution in [1.82, 2.24) is 9.97 Å². The molecular formula is C13H12ClN3O2. The molecule has 1 atom stereocenters. The highest BCUT2D eigenvalue weighted by Crippen LogP contribution is 2.30. The van der Waals surface area contributed by atoms with Gasteiger partial charge in [-0.2, -0.15) is 4.98 Å². The summed E-state index contributed by atoms with van der Waals surface area (Å²) >= 11 is 5.91. The number of fused-ring (bicyclic) bond motifs is 1. The van der Waals surface area contributed by atoms with Crippen molar-refractivity contribution in [2.24, 2.45) is 5.92 Å². The molecule has 5 nitrogen and oxygen atoms in total. The first kappa shape index (κ1) is 12.3. The summed E-state index contributed by atoms with van der Waals surface area (Å²) in [6, 6.07) is 7.42. The molecule has 0 saturated carbocycles. The Morgan fingerprint density at radius 2 is 2.16 bits per heavy atom. The maximum atomic E-state index is 12.0. The van der Waals surface area contributed by atoms with Gasteiger partial charge >= 0.3 is 0 Å². The van der Waals surface area contributed by atoms with Gasteiger partial charge in [0.25, 0.3) is 0 Å². The molecule has 19 heavy (non-hydrogen) atoms. The molecule has 1 aromatic carbocycles. The van der Waals surface area contributed by atoms with Gasteiger partial charge in [-0.25, -0.2) is 4.98 Å². The van der Waals surface area contributed by atoms with Gasteiger partial charge in [0.2, 0.25) is 11.2 Å². The van der Waals surface area contributed by atoms with Crippen LogP contribution in [0.3, 0.4) is 0 Å². The molecule has 0 spiro atoms. The van der Waals surface area contributed by atoms with E-state index in [9.17, 15) is 9.90 Å². The van der Waals surface area contributed by atoms with Crippen LogP contribution in [-0.2, 0) is 4.79 Å². The monoisotopic (exact) mass is 277 g/mol. The Morgan fingerprint density at radius 1 is 1.37 bits per heavy atom. The summed E-state index contributed by atoms with van der Waals surface area (Å²) in [5.74, 6) is 0.440. The molecule has 1 N–H and O–H groups in total. The predicted octanol–water partition coefficient (Wildman–Crippen LogP) is 1.63. The molecule has 0 bridgehead atoms. The number of hydrogen-bond donors (Lipinski definition) is 1. The maximum Gasteiger partial charge on any atom is 0.228 e. The molecular weight excluding hydrogens is 266 g/mol. The number of carbonyl (C=O) groups excluding carboxylic acids is 1. The Balaban J connectivity index is 2.12. The van der Waals surface area contributed by atoms with E-state index >= 15 is 0 Å². The average Bonchev–Trinajstić information content (AvgIpc) is 2.79. The highest BCUT2D eigenvalue weighted by atomic mass is 35.5. The Kier molecular flexibility index (Phi) is 3.08. The van der Waals surface area contributed by atoms with E-state index in [2.05, 4.69) is 9.97 Å². The van der Waals surface area contributed by atoms with E-state index in [4.69, 9.17) is 11.6 Å². The van der Waals surface area contributed by atoms with Crippen LogP contribution in [0.2, 0.25) is 5.28 Å². The first-order valence-corrected chi connectivity index (χ1v) is 6.40. The standard InChI is InChI=1S/C13H12ClN3O2/c14-13-15-10-4-2-1-3-9(10)12(16-13)17-6-8(7-18)5-11(17)19/h1-4,8,18H,5-7H2. The van der Waals surface area contributed by atoms with Crippen molar-refractivity contribution < 1.29 is 9.90 Å². The zero-order valence-corrected chi connectivity index (χ0v) is 10.8.